The quantitative estimate of drug-likeness (QED) is 0.468. The highest BCUT2D eigenvalue weighted by atomic mass is 32.2. The highest BCUT2D eigenvalue weighted by molar-refractivity contribution is 7.99. The van der Waals surface area contributed by atoms with Crippen molar-refractivity contribution in [2.24, 2.45) is 0 Å². The fourth-order valence-corrected chi connectivity index (χ4v) is 3.85. The number of carboxylic acids is 1. The molecule has 0 saturated heterocycles. The second-order valence-electron chi connectivity index (χ2n) is 6.77. The van der Waals surface area contributed by atoms with Gasteiger partial charge in [-0.15, -0.1) is 11.8 Å². The van der Waals surface area contributed by atoms with Crippen molar-refractivity contribution in [3.8, 4) is 5.75 Å². The van der Waals surface area contributed by atoms with Crippen LogP contribution in [0, 0.1) is 13.8 Å². The van der Waals surface area contributed by atoms with Gasteiger partial charge in [0.15, 0.2) is 6.61 Å². The summed E-state index contributed by atoms with van der Waals surface area (Å²) in [7, 11) is 0. The molecule has 0 heterocycles. The van der Waals surface area contributed by atoms with Crippen molar-refractivity contribution in [2.45, 2.75) is 18.7 Å². The SMILES string of the molecule is Cc1ccc(/C(=C\CSc2ccc(OCC(=O)O)c(C)c2)c2ccccc2)cc1. The number of aliphatic carboxylic acids is 1. The van der Waals surface area contributed by atoms with E-state index in [0.29, 0.717) is 5.75 Å². The molecular weight excluding hydrogens is 380 g/mol. The largest absolute Gasteiger partial charge is 0.482 e. The Balaban J connectivity index is 1.75. The summed E-state index contributed by atoms with van der Waals surface area (Å²) in [6.45, 7) is 3.70. The minimum absolute atomic E-state index is 0.326. The van der Waals surface area contributed by atoms with Crippen molar-refractivity contribution < 1.29 is 14.6 Å². The number of carboxylic acid groups (broad SMARTS) is 1. The Bertz CT molecular complexity index is 992. The molecule has 29 heavy (non-hydrogen) atoms. The van der Waals surface area contributed by atoms with Gasteiger partial charge in [-0.2, -0.15) is 0 Å². The van der Waals surface area contributed by atoms with Gasteiger partial charge in [-0.3, -0.25) is 0 Å². The van der Waals surface area contributed by atoms with Crippen molar-refractivity contribution in [3.05, 3.63) is 101 Å². The number of rotatable bonds is 8. The van der Waals surface area contributed by atoms with Gasteiger partial charge in [0.2, 0.25) is 0 Å². The maximum absolute atomic E-state index is 10.7. The number of thioether (sulfide) groups is 1. The number of aryl methyl sites for hydroxylation is 2. The number of carbonyl (C=O) groups is 1. The molecule has 0 aliphatic carbocycles. The maximum atomic E-state index is 10.7. The van der Waals surface area contributed by atoms with Gasteiger partial charge in [-0.05, 0) is 54.3 Å². The number of hydrogen-bond acceptors (Lipinski definition) is 3. The third-order valence-corrected chi connectivity index (χ3v) is 5.40. The molecule has 4 heteroatoms. The standard InChI is InChI=1S/C25H24O3S/c1-18-8-10-21(11-9-18)23(20-6-4-3-5-7-20)14-15-29-22-12-13-24(19(2)16-22)28-17-25(26)27/h3-14,16H,15,17H2,1-2H3,(H,26,27)/b23-14-. The van der Waals surface area contributed by atoms with E-state index in [1.54, 1.807) is 11.8 Å². The Kier molecular flexibility index (Phi) is 7.14. The molecule has 0 aliphatic heterocycles. The number of hydrogen-bond donors (Lipinski definition) is 1. The summed E-state index contributed by atoms with van der Waals surface area (Å²) in [6.07, 6.45) is 2.26. The fourth-order valence-electron chi connectivity index (χ4n) is 2.99. The Hall–Kier alpha value is -2.98. The average Bonchev–Trinajstić information content (AvgIpc) is 2.72. The summed E-state index contributed by atoms with van der Waals surface area (Å²) in [5, 5.41) is 8.76. The molecule has 0 atom stereocenters. The lowest BCUT2D eigenvalue weighted by atomic mass is 9.97. The van der Waals surface area contributed by atoms with E-state index in [9.17, 15) is 4.79 Å². The maximum Gasteiger partial charge on any atom is 0.341 e. The first-order chi connectivity index (χ1) is 14.0. The van der Waals surface area contributed by atoms with Crippen molar-refractivity contribution >= 4 is 23.3 Å². The first-order valence-electron chi connectivity index (χ1n) is 9.43. The molecule has 0 bridgehead atoms. The van der Waals surface area contributed by atoms with Crippen molar-refractivity contribution in [1.29, 1.82) is 0 Å². The third kappa shape index (κ3) is 6.00. The van der Waals surface area contributed by atoms with E-state index in [2.05, 4.69) is 61.5 Å². The second kappa shape index (κ2) is 9.99. The predicted octanol–water partition coefficient (Wildman–Crippen LogP) is 5.99. The summed E-state index contributed by atoms with van der Waals surface area (Å²) in [4.78, 5) is 11.8. The average molecular weight is 405 g/mol. The van der Waals surface area contributed by atoms with Crippen LogP contribution in [0.3, 0.4) is 0 Å². The van der Waals surface area contributed by atoms with Crippen LogP contribution >= 0.6 is 11.8 Å². The lowest BCUT2D eigenvalue weighted by molar-refractivity contribution is -0.139. The van der Waals surface area contributed by atoms with Crippen LogP contribution in [-0.2, 0) is 4.79 Å². The monoisotopic (exact) mass is 404 g/mol. The first-order valence-corrected chi connectivity index (χ1v) is 10.4. The van der Waals surface area contributed by atoms with Crippen LogP contribution in [0.25, 0.3) is 5.57 Å². The van der Waals surface area contributed by atoms with Gasteiger partial charge in [0.1, 0.15) is 5.75 Å². The molecule has 3 aromatic carbocycles. The van der Waals surface area contributed by atoms with Gasteiger partial charge in [0, 0.05) is 10.6 Å². The molecule has 3 rings (SSSR count). The Morgan fingerprint density at radius 2 is 1.66 bits per heavy atom. The molecule has 0 aliphatic rings. The van der Waals surface area contributed by atoms with Crippen LogP contribution in [0.5, 0.6) is 5.75 Å². The van der Waals surface area contributed by atoms with Crippen LogP contribution in [0.15, 0.2) is 83.8 Å². The van der Waals surface area contributed by atoms with Crippen molar-refractivity contribution in [2.75, 3.05) is 12.4 Å². The summed E-state index contributed by atoms with van der Waals surface area (Å²) in [5.74, 6) is 0.460. The highest BCUT2D eigenvalue weighted by Gasteiger charge is 2.06. The minimum Gasteiger partial charge on any atom is -0.482 e. The molecule has 0 radical (unpaired) electrons. The van der Waals surface area contributed by atoms with E-state index in [0.717, 1.165) is 16.2 Å². The molecule has 3 nitrogen and oxygen atoms in total. The fraction of sp³-hybridized carbons (Fsp3) is 0.160. The van der Waals surface area contributed by atoms with Gasteiger partial charge in [0.05, 0.1) is 0 Å². The van der Waals surface area contributed by atoms with E-state index in [1.807, 2.05) is 31.2 Å². The number of benzene rings is 3. The summed E-state index contributed by atoms with van der Waals surface area (Å²) < 4.78 is 5.30. The molecule has 0 amide bonds. The molecular formula is C25H24O3S. The Morgan fingerprint density at radius 3 is 2.31 bits per heavy atom. The third-order valence-electron chi connectivity index (χ3n) is 4.48. The summed E-state index contributed by atoms with van der Waals surface area (Å²) in [6, 6.07) is 24.9. The van der Waals surface area contributed by atoms with Gasteiger partial charge in [-0.1, -0.05) is 66.2 Å². The molecule has 0 saturated carbocycles. The zero-order valence-corrected chi connectivity index (χ0v) is 17.4. The van der Waals surface area contributed by atoms with Crippen LogP contribution in [-0.4, -0.2) is 23.4 Å². The van der Waals surface area contributed by atoms with Crippen LogP contribution in [0.4, 0.5) is 0 Å². The van der Waals surface area contributed by atoms with Crippen LogP contribution < -0.4 is 4.74 Å². The zero-order valence-electron chi connectivity index (χ0n) is 16.6. The van der Waals surface area contributed by atoms with E-state index in [4.69, 9.17) is 9.84 Å². The second-order valence-corrected chi connectivity index (χ2v) is 7.86. The van der Waals surface area contributed by atoms with Gasteiger partial charge in [0.25, 0.3) is 0 Å². The summed E-state index contributed by atoms with van der Waals surface area (Å²) >= 11 is 1.74. The Morgan fingerprint density at radius 1 is 0.966 bits per heavy atom. The smallest absolute Gasteiger partial charge is 0.341 e. The first kappa shape index (κ1) is 20.7. The molecule has 0 spiro atoms. The predicted molar refractivity (Wildman–Crippen MR) is 120 cm³/mol. The minimum atomic E-state index is -0.975. The molecule has 1 N–H and O–H groups in total. The zero-order chi connectivity index (χ0) is 20.6. The molecule has 0 aromatic heterocycles. The van der Waals surface area contributed by atoms with E-state index < -0.39 is 5.97 Å². The normalized spacial score (nSPS) is 11.3. The molecule has 3 aromatic rings. The van der Waals surface area contributed by atoms with Crippen molar-refractivity contribution in [1.82, 2.24) is 0 Å². The van der Waals surface area contributed by atoms with Crippen molar-refractivity contribution in [3.63, 3.8) is 0 Å². The molecule has 0 fully saturated rings. The molecule has 148 valence electrons. The van der Waals surface area contributed by atoms with Gasteiger partial charge >= 0.3 is 5.97 Å². The summed E-state index contributed by atoms with van der Waals surface area (Å²) in [5.41, 5.74) is 5.80. The Labute approximate surface area is 176 Å². The van der Waals surface area contributed by atoms with Gasteiger partial charge in [-0.25, -0.2) is 4.79 Å². The van der Waals surface area contributed by atoms with Crippen LogP contribution in [0.2, 0.25) is 0 Å². The van der Waals surface area contributed by atoms with E-state index in [-0.39, 0.29) is 6.61 Å². The highest BCUT2D eigenvalue weighted by Crippen LogP contribution is 2.28. The molecule has 0 unspecified atom stereocenters. The van der Waals surface area contributed by atoms with E-state index >= 15 is 0 Å². The number of ether oxygens (including phenoxy) is 1. The lowest BCUT2D eigenvalue weighted by Gasteiger charge is -2.10. The van der Waals surface area contributed by atoms with Crippen LogP contribution in [0.1, 0.15) is 22.3 Å². The van der Waals surface area contributed by atoms with Gasteiger partial charge < -0.3 is 9.84 Å². The topological polar surface area (TPSA) is 46.5 Å². The lowest BCUT2D eigenvalue weighted by Crippen LogP contribution is -2.09. The van der Waals surface area contributed by atoms with E-state index in [1.165, 1.54) is 22.3 Å².